The Bertz CT molecular complexity index is 712. The summed E-state index contributed by atoms with van der Waals surface area (Å²) in [6.45, 7) is 1.34. The number of rotatable bonds is 4. The third-order valence-electron chi connectivity index (χ3n) is 4.38. The van der Waals surface area contributed by atoms with Crippen LogP contribution in [0.4, 0.5) is 9.59 Å². The van der Waals surface area contributed by atoms with Gasteiger partial charge in [-0.25, -0.2) is 9.59 Å². The van der Waals surface area contributed by atoms with Crippen molar-refractivity contribution in [3.8, 4) is 0 Å². The molecule has 8 nitrogen and oxygen atoms in total. The standard InChI is InChI=1S/C16H20N4O4/c21-15(22)18-8-9-20(16(23)24)13(11-18)5-3-7-19-10-12-4-1-2-6-14(12)17-19/h1-2,4,6,10,13H,3,5,7-9,11H2,(H,21,22)(H,23,24)/t13-/m1/s1. The minimum atomic E-state index is -0.997. The number of aromatic nitrogens is 2. The summed E-state index contributed by atoms with van der Waals surface area (Å²) in [5.41, 5.74) is 0.930. The lowest BCUT2D eigenvalue weighted by Gasteiger charge is -2.38. The van der Waals surface area contributed by atoms with Gasteiger partial charge in [-0.15, -0.1) is 0 Å². The summed E-state index contributed by atoms with van der Waals surface area (Å²) >= 11 is 0. The molecule has 24 heavy (non-hydrogen) atoms. The third-order valence-corrected chi connectivity index (χ3v) is 4.38. The van der Waals surface area contributed by atoms with Crippen molar-refractivity contribution in [1.82, 2.24) is 19.6 Å². The zero-order valence-corrected chi connectivity index (χ0v) is 13.2. The molecule has 0 saturated carbocycles. The van der Waals surface area contributed by atoms with Crippen LogP contribution in [0.1, 0.15) is 12.8 Å². The van der Waals surface area contributed by atoms with Gasteiger partial charge in [0.2, 0.25) is 0 Å². The van der Waals surface area contributed by atoms with Crippen molar-refractivity contribution in [2.24, 2.45) is 0 Å². The van der Waals surface area contributed by atoms with Gasteiger partial charge in [0, 0.05) is 37.8 Å². The van der Waals surface area contributed by atoms with Gasteiger partial charge in [-0.2, -0.15) is 5.10 Å². The monoisotopic (exact) mass is 332 g/mol. The molecule has 0 radical (unpaired) electrons. The van der Waals surface area contributed by atoms with E-state index in [9.17, 15) is 14.7 Å². The largest absolute Gasteiger partial charge is 0.465 e. The Morgan fingerprint density at radius 3 is 2.67 bits per heavy atom. The van der Waals surface area contributed by atoms with Crippen molar-refractivity contribution in [3.05, 3.63) is 30.5 Å². The highest BCUT2D eigenvalue weighted by molar-refractivity contribution is 5.77. The van der Waals surface area contributed by atoms with Gasteiger partial charge in [0.05, 0.1) is 11.6 Å². The minimum absolute atomic E-state index is 0.220. The molecule has 128 valence electrons. The van der Waals surface area contributed by atoms with Gasteiger partial charge in [0.1, 0.15) is 0 Å². The highest BCUT2D eigenvalue weighted by Crippen LogP contribution is 2.17. The molecule has 1 aromatic heterocycles. The second kappa shape index (κ2) is 6.77. The summed E-state index contributed by atoms with van der Waals surface area (Å²) in [5.74, 6) is 0. The van der Waals surface area contributed by atoms with Gasteiger partial charge >= 0.3 is 12.2 Å². The summed E-state index contributed by atoms with van der Waals surface area (Å²) in [6, 6.07) is 7.53. The van der Waals surface area contributed by atoms with E-state index in [2.05, 4.69) is 5.10 Å². The fraction of sp³-hybridized carbons (Fsp3) is 0.438. The highest BCUT2D eigenvalue weighted by atomic mass is 16.4. The second-order valence-corrected chi connectivity index (χ2v) is 5.95. The first-order valence-electron chi connectivity index (χ1n) is 7.94. The molecular formula is C16H20N4O4. The molecule has 0 unspecified atom stereocenters. The molecule has 1 saturated heterocycles. The first-order valence-corrected chi connectivity index (χ1v) is 7.94. The maximum Gasteiger partial charge on any atom is 0.407 e. The quantitative estimate of drug-likeness (QED) is 0.894. The number of carbonyl (C=O) groups is 2. The van der Waals surface area contributed by atoms with Gasteiger partial charge < -0.3 is 20.0 Å². The van der Waals surface area contributed by atoms with Crippen molar-refractivity contribution in [3.63, 3.8) is 0 Å². The average molecular weight is 332 g/mol. The summed E-state index contributed by atoms with van der Waals surface area (Å²) in [5, 5.41) is 23.9. The molecule has 0 bridgehead atoms. The summed E-state index contributed by atoms with van der Waals surface area (Å²) in [6.07, 6.45) is 1.31. The molecule has 2 aromatic rings. The molecule has 2 heterocycles. The minimum Gasteiger partial charge on any atom is -0.465 e. The normalized spacial score (nSPS) is 18.1. The zero-order chi connectivity index (χ0) is 17.1. The zero-order valence-electron chi connectivity index (χ0n) is 13.2. The molecule has 0 spiro atoms. The van der Waals surface area contributed by atoms with Crippen molar-refractivity contribution in [2.45, 2.75) is 25.4 Å². The third kappa shape index (κ3) is 3.42. The van der Waals surface area contributed by atoms with E-state index in [0.29, 0.717) is 13.0 Å². The Morgan fingerprint density at radius 2 is 1.96 bits per heavy atom. The number of fused-ring (bicyclic) bond motifs is 1. The number of piperazine rings is 1. The van der Waals surface area contributed by atoms with Crippen LogP contribution >= 0.6 is 0 Å². The van der Waals surface area contributed by atoms with Crippen LogP contribution in [0.2, 0.25) is 0 Å². The van der Waals surface area contributed by atoms with Crippen LogP contribution in [-0.4, -0.2) is 67.7 Å². The van der Waals surface area contributed by atoms with Crippen LogP contribution < -0.4 is 0 Å². The average Bonchev–Trinajstić information content (AvgIpc) is 2.97. The maximum absolute atomic E-state index is 11.3. The first kappa shape index (κ1) is 16.1. The van der Waals surface area contributed by atoms with E-state index in [4.69, 9.17) is 5.11 Å². The van der Waals surface area contributed by atoms with Crippen LogP contribution in [0, 0.1) is 0 Å². The number of hydrogen-bond donors (Lipinski definition) is 2. The molecule has 0 aliphatic carbocycles. The molecular weight excluding hydrogens is 312 g/mol. The molecule has 8 heteroatoms. The van der Waals surface area contributed by atoms with E-state index in [0.717, 1.165) is 17.3 Å². The van der Waals surface area contributed by atoms with Crippen molar-refractivity contribution < 1.29 is 19.8 Å². The topological polar surface area (TPSA) is 98.9 Å². The summed E-state index contributed by atoms with van der Waals surface area (Å²) in [7, 11) is 0. The molecule has 1 fully saturated rings. The van der Waals surface area contributed by atoms with Crippen LogP contribution in [-0.2, 0) is 6.54 Å². The number of amides is 2. The van der Waals surface area contributed by atoms with Gasteiger partial charge in [-0.1, -0.05) is 18.2 Å². The molecule has 2 amide bonds. The lowest BCUT2D eigenvalue weighted by atomic mass is 10.1. The number of carboxylic acid groups (broad SMARTS) is 2. The number of nitrogens with zero attached hydrogens (tertiary/aromatic N) is 4. The Labute approximate surface area is 138 Å². The number of hydrogen-bond acceptors (Lipinski definition) is 3. The molecule has 1 aromatic carbocycles. The van der Waals surface area contributed by atoms with E-state index in [1.807, 2.05) is 35.1 Å². The predicted octanol–water partition coefficient (Wildman–Crippen LogP) is 2.16. The van der Waals surface area contributed by atoms with Gasteiger partial charge in [-0.05, 0) is 18.9 Å². The Kier molecular flexibility index (Phi) is 4.54. The maximum atomic E-state index is 11.3. The lowest BCUT2D eigenvalue weighted by Crippen LogP contribution is -2.56. The summed E-state index contributed by atoms with van der Waals surface area (Å²) in [4.78, 5) is 25.1. The van der Waals surface area contributed by atoms with Crippen LogP contribution in [0.25, 0.3) is 10.9 Å². The van der Waals surface area contributed by atoms with Crippen LogP contribution in [0.5, 0.6) is 0 Å². The highest BCUT2D eigenvalue weighted by Gasteiger charge is 2.31. The fourth-order valence-electron chi connectivity index (χ4n) is 3.15. The summed E-state index contributed by atoms with van der Waals surface area (Å²) < 4.78 is 1.85. The van der Waals surface area contributed by atoms with E-state index < -0.39 is 12.2 Å². The Hall–Kier alpha value is -2.77. The van der Waals surface area contributed by atoms with Crippen LogP contribution in [0.3, 0.4) is 0 Å². The Morgan fingerprint density at radius 1 is 1.17 bits per heavy atom. The molecule has 3 rings (SSSR count). The fourth-order valence-corrected chi connectivity index (χ4v) is 3.15. The molecule has 1 aliphatic rings. The van der Waals surface area contributed by atoms with Gasteiger partial charge in [0.15, 0.2) is 0 Å². The first-order chi connectivity index (χ1) is 11.5. The van der Waals surface area contributed by atoms with Gasteiger partial charge in [0.25, 0.3) is 0 Å². The van der Waals surface area contributed by atoms with E-state index >= 15 is 0 Å². The van der Waals surface area contributed by atoms with E-state index in [-0.39, 0.29) is 25.7 Å². The van der Waals surface area contributed by atoms with Crippen LogP contribution in [0.15, 0.2) is 30.5 Å². The Balaban J connectivity index is 1.60. The van der Waals surface area contributed by atoms with E-state index in [1.165, 1.54) is 9.80 Å². The van der Waals surface area contributed by atoms with E-state index in [1.54, 1.807) is 0 Å². The predicted molar refractivity (Wildman–Crippen MR) is 87.1 cm³/mol. The van der Waals surface area contributed by atoms with Crippen molar-refractivity contribution in [1.29, 1.82) is 0 Å². The smallest absolute Gasteiger partial charge is 0.407 e. The molecule has 2 N–H and O–H groups in total. The molecule has 1 aliphatic heterocycles. The second-order valence-electron chi connectivity index (χ2n) is 5.95. The SMILES string of the molecule is O=C(O)N1CCN(C(=O)O)[C@H](CCCn2cc3ccccc3n2)C1. The number of benzene rings is 1. The van der Waals surface area contributed by atoms with Crippen molar-refractivity contribution in [2.75, 3.05) is 19.6 Å². The van der Waals surface area contributed by atoms with Crippen molar-refractivity contribution >= 4 is 23.1 Å². The molecule has 1 atom stereocenters. The lowest BCUT2D eigenvalue weighted by molar-refractivity contribution is 0.0600. The number of aryl methyl sites for hydroxylation is 1. The van der Waals surface area contributed by atoms with Gasteiger partial charge in [-0.3, -0.25) is 4.68 Å².